The molecule has 2 atom stereocenters. The fraction of sp³-hybridized carbons (Fsp3) is 0.500. The van der Waals surface area contributed by atoms with Crippen molar-refractivity contribution in [3.8, 4) is 0 Å². The summed E-state index contributed by atoms with van der Waals surface area (Å²) in [5.74, 6) is 0.204. The molecule has 3 heterocycles. The summed E-state index contributed by atoms with van der Waals surface area (Å²) in [5.41, 5.74) is 5.56. The van der Waals surface area contributed by atoms with Gasteiger partial charge in [-0.2, -0.15) is 0 Å². The molecule has 2 amide bonds. The summed E-state index contributed by atoms with van der Waals surface area (Å²) < 4.78 is 5.48. The molecule has 3 aliphatic rings. The van der Waals surface area contributed by atoms with E-state index in [-0.39, 0.29) is 23.9 Å². The molecular weight excluding hydrogens is 454 g/mol. The number of amides is 2. The van der Waals surface area contributed by atoms with Gasteiger partial charge in [0.05, 0.1) is 19.3 Å². The van der Waals surface area contributed by atoms with Gasteiger partial charge in [-0.15, -0.1) is 0 Å². The van der Waals surface area contributed by atoms with Gasteiger partial charge in [0, 0.05) is 87.5 Å². The molecule has 0 aliphatic carbocycles. The van der Waals surface area contributed by atoms with E-state index in [0.717, 1.165) is 81.5 Å². The van der Waals surface area contributed by atoms with Crippen molar-refractivity contribution in [2.24, 2.45) is 0 Å². The highest BCUT2D eigenvalue weighted by molar-refractivity contribution is 5.94. The van der Waals surface area contributed by atoms with Gasteiger partial charge in [-0.05, 0) is 55.8 Å². The Morgan fingerprint density at radius 3 is 2.11 bits per heavy atom. The lowest BCUT2D eigenvalue weighted by atomic mass is 9.90. The molecule has 0 radical (unpaired) electrons. The second kappa shape index (κ2) is 10.4. The lowest BCUT2D eigenvalue weighted by Crippen LogP contribution is -2.48. The van der Waals surface area contributed by atoms with Crippen molar-refractivity contribution in [3.05, 3.63) is 48.0 Å². The third-order valence-corrected chi connectivity index (χ3v) is 7.68. The second-order valence-corrected chi connectivity index (χ2v) is 10.1. The first-order valence-electron chi connectivity index (χ1n) is 13.0. The van der Waals surface area contributed by atoms with E-state index in [1.807, 2.05) is 9.80 Å². The number of carbonyl (C=O) groups excluding carboxylic acids is 2. The van der Waals surface area contributed by atoms with Crippen LogP contribution in [0, 0.1) is 0 Å². The smallest absolute Gasteiger partial charge is 0.224 e. The van der Waals surface area contributed by atoms with Crippen molar-refractivity contribution in [1.29, 1.82) is 0 Å². The summed E-state index contributed by atoms with van der Waals surface area (Å²) in [6.07, 6.45) is 0.833. The highest BCUT2D eigenvalue weighted by Gasteiger charge is 2.33. The van der Waals surface area contributed by atoms with Gasteiger partial charge in [-0.25, -0.2) is 0 Å². The Morgan fingerprint density at radius 2 is 1.47 bits per heavy atom. The van der Waals surface area contributed by atoms with Gasteiger partial charge >= 0.3 is 0 Å². The Labute approximate surface area is 213 Å². The zero-order valence-electron chi connectivity index (χ0n) is 21.6. The third-order valence-electron chi connectivity index (χ3n) is 7.68. The fourth-order valence-corrected chi connectivity index (χ4v) is 5.74. The molecule has 8 nitrogen and oxygen atoms in total. The molecule has 0 aromatic heterocycles. The van der Waals surface area contributed by atoms with Crippen molar-refractivity contribution in [2.45, 2.75) is 39.3 Å². The number of fused-ring (bicyclic) bond motifs is 1. The predicted octanol–water partition coefficient (Wildman–Crippen LogP) is 3.49. The summed E-state index contributed by atoms with van der Waals surface area (Å²) in [5, 5.41) is 3.76. The normalized spacial score (nSPS) is 22.3. The number of piperazine rings is 1. The van der Waals surface area contributed by atoms with E-state index in [9.17, 15) is 9.59 Å². The van der Waals surface area contributed by atoms with Crippen LogP contribution in [0.1, 0.15) is 38.8 Å². The number of morpholine rings is 1. The molecular formula is C28H37N5O3. The number of hydrogen-bond donors (Lipinski definition) is 1. The van der Waals surface area contributed by atoms with Crippen LogP contribution in [-0.2, 0) is 14.3 Å². The van der Waals surface area contributed by atoms with E-state index >= 15 is 0 Å². The van der Waals surface area contributed by atoms with Gasteiger partial charge in [0.25, 0.3) is 0 Å². The Kier molecular flexibility index (Phi) is 7.05. The Bertz CT molecular complexity index is 1090. The van der Waals surface area contributed by atoms with E-state index in [4.69, 9.17) is 4.74 Å². The van der Waals surface area contributed by atoms with Crippen LogP contribution >= 0.6 is 0 Å². The minimum absolute atomic E-state index is 0.0693. The highest BCUT2D eigenvalue weighted by atomic mass is 16.5. The Hall–Kier alpha value is -3.26. The first-order valence-corrected chi connectivity index (χ1v) is 13.0. The molecule has 2 fully saturated rings. The number of carbonyl (C=O) groups is 2. The number of benzene rings is 2. The van der Waals surface area contributed by atoms with Crippen molar-refractivity contribution in [2.75, 3.05) is 72.5 Å². The zero-order valence-corrected chi connectivity index (χ0v) is 21.6. The maximum Gasteiger partial charge on any atom is 0.224 e. The Balaban J connectivity index is 1.38. The molecule has 3 aliphatic heterocycles. The standard InChI is InChI=1S/C28H37N5O3/c1-20-18-27(29-23-4-6-24(7-5-23)32-14-16-36-17-15-32)26-19-25(8-9-28(26)33(20)22(3)35)31-12-10-30(11-13-31)21(2)34/h4-9,19-20,27,29H,10-18H2,1-3H3. The SMILES string of the molecule is CC(=O)N1CCN(c2ccc3c(c2)C(Nc2ccc(N4CCOCC4)cc2)CC(C)N3C(C)=O)CC1. The number of nitrogens with zero attached hydrogens (tertiary/aromatic N) is 4. The number of hydrogen-bond acceptors (Lipinski definition) is 6. The molecule has 8 heteroatoms. The molecule has 0 saturated carbocycles. The van der Waals surface area contributed by atoms with E-state index in [1.165, 1.54) is 5.69 Å². The second-order valence-electron chi connectivity index (χ2n) is 10.1. The summed E-state index contributed by atoms with van der Waals surface area (Å²) in [7, 11) is 0. The molecule has 1 N–H and O–H groups in total. The van der Waals surface area contributed by atoms with Gasteiger partial charge in [0.15, 0.2) is 0 Å². The maximum atomic E-state index is 12.6. The topological polar surface area (TPSA) is 68.4 Å². The van der Waals surface area contributed by atoms with Crippen LogP contribution in [0.25, 0.3) is 0 Å². The summed E-state index contributed by atoms with van der Waals surface area (Å²) >= 11 is 0. The molecule has 0 bridgehead atoms. The minimum Gasteiger partial charge on any atom is -0.378 e. The fourth-order valence-electron chi connectivity index (χ4n) is 5.74. The quantitative estimate of drug-likeness (QED) is 0.706. The first kappa shape index (κ1) is 24.4. The Morgan fingerprint density at radius 1 is 0.833 bits per heavy atom. The zero-order chi connectivity index (χ0) is 25.2. The molecule has 2 unspecified atom stereocenters. The summed E-state index contributed by atoms with van der Waals surface area (Å²) in [4.78, 5) is 32.8. The van der Waals surface area contributed by atoms with Gasteiger partial charge in [-0.1, -0.05) is 0 Å². The molecule has 2 aromatic carbocycles. The number of rotatable bonds is 4. The number of anilines is 4. The maximum absolute atomic E-state index is 12.6. The number of ether oxygens (including phenoxy) is 1. The van der Waals surface area contributed by atoms with Crippen molar-refractivity contribution >= 4 is 34.6 Å². The lowest BCUT2D eigenvalue weighted by molar-refractivity contribution is -0.129. The van der Waals surface area contributed by atoms with Crippen LogP contribution in [0.15, 0.2) is 42.5 Å². The molecule has 2 saturated heterocycles. The molecule has 2 aromatic rings. The average Bonchev–Trinajstić information content (AvgIpc) is 2.89. The average molecular weight is 492 g/mol. The first-order chi connectivity index (χ1) is 17.4. The van der Waals surface area contributed by atoms with E-state index in [0.29, 0.717) is 0 Å². The molecule has 0 spiro atoms. The summed E-state index contributed by atoms with van der Waals surface area (Å²) in [6, 6.07) is 15.3. The minimum atomic E-state index is 0.0693. The van der Waals surface area contributed by atoms with E-state index < -0.39 is 0 Å². The highest BCUT2D eigenvalue weighted by Crippen LogP contribution is 2.41. The van der Waals surface area contributed by atoms with Crippen LogP contribution < -0.4 is 20.0 Å². The van der Waals surface area contributed by atoms with Gasteiger partial charge in [-0.3, -0.25) is 9.59 Å². The van der Waals surface area contributed by atoms with Crippen molar-refractivity contribution in [3.63, 3.8) is 0 Å². The van der Waals surface area contributed by atoms with Gasteiger partial charge < -0.3 is 29.7 Å². The lowest BCUT2D eigenvalue weighted by Gasteiger charge is -2.41. The predicted molar refractivity (Wildman–Crippen MR) is 144 cm³/mol. The van der Waals surface area contributed by atoms with E-state index in [2.05, 4.69) is 64.5 Å². The van der Waals surface area contributed by atoms with Crippen LogP contribution in [0.4, 0.5) is 22.7 Å². The van der Waals surface area contributed by atoms with Crippen molar-refractivity contribution in [1.82, 2.24) is 4.90 Å². The largest absolute Gasteiger partial charge is 0.378 e. The summed E-state index contributed by atoms with van der Waals surface area (Å²) in [6.45, 7) is 11.9. The van der Waals surface area contributed by atoms with Gasteiger partial charge in [0.2, 0.25) is 11.8 Å². The van der Waals surface area contributed by atoms with Crippen LogP contribution in [0.3, 0.4) is 0 Å². The van der Waals surface area contributed by atoms with Crippen LogP contribution in [0.2, 0.25) is 0 Å². The van der Waals surface area contributed by atoms with Gasteiger partial charge in [0.1, 0.15) is 0 Å². The molecule has 36 heavy (non-hydrogen) atoms. The molecule has 5 rings (SSSR count). The molecule has 192 valence electrons. The monoisotopic (exact) mass is 491 g/mol. The van der Waals surface area contributed by atoms with Crippen molar-refractivity contribution < 1.29 is 14.3 Å². The van der Waals surface area contributed by atoms with E-state index in [1.54, 1.807) is 13.8 Å². The third kappa shape index (κ3) is 5.00. The van der Waals surface area contributed by atoms with Crippen LogP contribution in [0.5, 0.6) is 0 Å². The number of nitrogens with one attached hydrogen (secondary N) is 1. The van der Waals surface area contributed by atoms with Crippen LogP contribution in [-0.4, -0.2) is 75.2 Å².